The number of hydrogen-bond donors (Lipinski definition) is 0. The summed E-state index contributed by atoms with van der Waals surface area (Å²) in [5, 5.41) is 1.04. The number of furan rings is 1. The lowest BCUT2D eigenvalue weighted by atomic mass is 9.99. The molecule has 0 bridgehead atoms. The Bertz CT molecular complexity index is 367. The summed E-state index contributed by atoms with van der Waals surface area (Å²) in [7, 11) is 0. The summed E-state index contributed by atoms with van der Waals surface area (Å²) in [6, 6.07) is 1.83. The number of rotatable bonds is 2. The third kappa shape index (κ3) is 2.32. The standard InChI is InChI=1S/C12H16BrNO2/c1-9-4-7-16-11(9)12(15)14-5-2-10(8-13)3-6-14/h4,7,10H,2-3,5-6,8H2,1H3. The zero-order valence-electron chi connectivity index (χ0n) is 9.41. The molecule has 1 aliphatic heterocycles. The first-order valence-electron chi connectivity index (χ1n) is 5.61. The van der Waals surface area contributed by atoms with E-state index in [1.54, 1.807) is 6.26 Å². The van der Waals surface area contributed by atoms with E-state index in [9.17, 15) is 4.79 Å². The molecule has 0 N–H and O–H groups in total. The number of nitrogens with zero attached hydrogens (tertiary/aromatic N) is 1. The van der Waals surface area contributed by atoms with Crippen LogP contribution in [0.25, 0.3) is 0 Å². The molecular weight excluding hydrogens is 270 g/mol. The molecule has 16 heavy (non-hydrogen) atoms. The molecule has 0 saturated carbocycles. The number of hydrogen-bond acceptors (Lipinski definition) is 2. The Labute approximate surface area is 104 Å². The van der Waals surface area contributed by atoms with E-state index in [0.29, 0.717) is 11.7 Å². The van der Waals surface area contributed by atoms with Crippen LogP contribution in [0.3, 0.4) is 0 Å². The number of amides is 1. The number of likely N-dealkylation sites (tertiary alicyclic amines) is 1. The Morgan fingerprint density at radius 2 is 2.25 bits per heavy atom. The molecule has 2 heterocycles. The average Bonchev–Trinajstić information content (AvgIpc) is 2.75. The third-order valence-corrected chi connectivity index (χ3v) is 4.09. The predicted molar refractivity (Wildman–Crippen MR) is 65.9 cm³/mol. The van der Waals surface area contributed by atoms with Gasteiger partial charge in [-0.05, 0) is 31.7 Å². The highest BCUT2D eigenvalue weighted by atomic mass is 79.9. The normalized spacial score (nSPS) is 17.8. The molecule has 3 nitrogen and oxygen atoms in total. The number of alkyl halides is 1. The van der Waals surface area contributed by atoms with E-state index in [0.717, 1.165) is 36.8 Å². The first kappa shape index (κ1) is 11.7. The molecule has 0 atom stereocenters. The van der Waals surface area contributed by atoms with Crippen LogP contribution < -0.4 is 0 Å². The Hall–Kier alpha value is -0.770. The van der Waals surface area contributed by atoms with Gasteiger partial charge in [-0.2, -0.15) is 0 Å². The van der Waals surface area contributed by atoms with Gasteiger partial charge in [0.15, 0.2) is 5.76 Å². The minimum atomic E-state index is 0.0375. The van der Waals surface area contributed by atoms with Gasteiger partial charge in [0.2, 0.25) is 0 Å². The van der Waals surface area contributed by atoms with Crippen LogP contribution in [0.15, 0.2) is 16.7 Å². The van der Waals surface area contributed by atoms with Gasteiger partial charge >= 0.3 is 0 Å². The second-order valence-corrected chi connectivity index (χ2v) is 4.97. The number of aryl methyl sites for hydroxylation is 1. The second-order valence-electron chi connectivity index (χ2n) is 4.32. The van der Waals surface area contributed by atoms with E-state index in [1.165, 1.54) is 0 Å². The molecule has 0 aromatic carbocycles. The molecule has 1 amide bonds. The van der Waals surface area contributed by atoms with Crippen molar-refractivity contribution < 1.29 is 9.21 Å². The van der Waals surface area contributed by atoms with Crippen molar-refractivity contribution in [3.63, 3.8) is 0 Å². The van der Waals surface area contributed by atoms with Gasteiger partial charge < -0.3 is 9.32 Å². The molecule has 2 rings (SSSR count). The van der Waals surface area contributed by atoms with Crippen LogP contribution in [0, 0.1) is 12.8 Å². The molecule has 1 saturated heterocycles. The number of piperidine rings is 1. The van der Waals surface area contributed by atoms with Crippen LogP contribution >= 0.6 is 15.9 Å². The van der Waals surface area contributed by atoms with Crippen LogP contribution in [-0.2, 0) is 0 Å². The predicted octanol–water partition coefficient (Wildman–Crippen LogP) is 2.84. The average molecular weight is 286 g/mol. The van der Waals surface area contributed by atoms with Crippen molar-refractivity contribution in [3.05, 3.63) is 23.7 Å². The first-order chi connectivity index (χ1) is 7.72. The highest BCUT2D eigenvalue weighted by Gasteiger charge is 2.25. The zero-order chi connectivity index (χ0) is 11.5. The van der Waals surface area contributed by atoms with Crippen molar-refractivity contribution in [2.24, 2.45) is 5.92 Å². The summed E-state index contributed by atoms with van der Waals surface area (Å²) in [6.45, 7) is 3.59. The summed E-state index contributed by atoms with van der Waals surface area (Å²) >= 11 is 3.50. The lowest BCUT2D eigenvalue weighted by molar-refractivity contribution is 0.0666. The van der Waals surface area contributed by atoms with Gasteiger partial charge in [0.25, 0.3) is 5.91 Å². The monoisotopic (exact) mass is 285 g/mol. The summed E-state index contributed by atoms with van der Waals surface area (Å²) < 4.78 is 5.23. The van der Waals surface area contributed by atoms with E-state index in [4.69, 9.17) is 4.42 Å². The maximum atomic E-state index is 12.1. The molecule has 0 aliphatic carbocycles. The van der Waals surface area contributed by atoms with Crippen LogP contribution in [0.5, 0.6) is 0 Å². The summed E-state index contributed by atoms with van der Waals surface area (Å²) in [6.07, 6.45) is 3.74. The van der Waals surface area contributed by atoms with Gasteiger partial charge in [0.05, 0.1) is 6.26 Å². The Morgan fingerprint density at radius 3 is 2.75 bits per heavy atom. The largest absolute Gasteiger partial charge is 0.459 e. The molecule has 1 aromatic heterocycles. The summed E-state index contributed by atoms with van der Waals surface area (Å²) in [4.78, 5) is 14.0. The van der Waals surface area contributed by atoms with Crippen LogP contribution in [0.1, 0.15) is 29.0 Å². The van der Waals surface area contributed by atoms with Crippen LogP contribution in [0.4, 0.5) is 0 Å². The van der Waals surface area contributed by atoms with Crippen LogP contribution in [0.2, 0.25) is 0 Å². The fourth-order valence-electron chi connectivity index (χ4n) is 2.03. The molecule has 1 fully saturated rings. The Morgan fingerprint density at radius 1 is 1.56 bits per heavy atom. The highest BCUT2D eigenvalue weighted by Crippen LogP contribution is 2.21. The van der Waals surface area contributed by atoms with E-state index in [2.05, 4.69) is 15.9 Å². The lowest BCUT2D eigenvalue weighted by Crippen LogP contribution is -2.38. The minimum Gasteiger partial charge on any atom is -0.459 e. The van der Waals surface area contributed by atoms with Crippen molar-refractivity contribution in [1.29, 1.82) is 0 Å². The maximum Gasteiger partial charge on any atom is 0.289 e. The lowest BCUT2D eigenvalue weighted by Gasteiger charge is -2.30. The van der Waals surface area contributed by atoms with Crippen molar-refractivity contribution in [2.45, 2.75) is 19.8 Å². The van der Waals surface area contributed by atoms with Crippen molar-refractivity contribution in [3.8, 4) is 0 Å². The molecule has 0 unspecified atom stereocenters. The third-order valence-electron chi connectivity index (χ3n) is 3.18. The number of halogens is 1. The highest BCUT2D eigenvalue weighted by molar-refractivity contribution is 9.09. The van der Waals surface area contributed by atoms with Gasteiger partial charge in [-0.25, -0.2) is 0 Å². The fourth-order valence-corrected chi connectivity index (χ4v) is 2.67. The summed E-state index contributed by atoms with van der Waals surface area (Å²) in [5.74, 6) is 1.24. The quantitative estimate of drug-likeness (QED) is 0.783. The number of carbonyl (C=O) groups is 1. The van der Waals surface area contributed by atoms with E-state index in [1.807, 2.05) is 17.9 Å². The topological polar surface area (TPSA) is 33.5 Å². The van der Waals surface area contributed by atoms with Gasteiger partial charge in [-0.1, -0.05) is 15.9 Å². The first-order valence-corrected chi connectivity index (χ1v) is 6.74. The van der Waals surface area contributed by atoms with Crippen molar-refractivity contribution >= 4 is 21.8 Å². The number of carbonyl (C=O) groups excluding carboxylic acids is 1. The molecule has 1 aliphatic rings. The molecular formula is C12H16BrNO2. The molecule has 0 radical (unpaired) electrons. The van der Waals surface area contributed by atoms with Crippen molar-refractivity contribution in [2.75, 3.05) is 18.4 Å². The molecule has 0 spiro atoms. The molecule has 88 valence electrons. The SMILES string of the molecule is Cc1ccoc1C(=O)N1CCC(CBr)CC1. The van der Waals surface area contributed by atoms with E-state index < -0.39 is 0 Å². The van der Waals surface area contributed by atoms with E-state index in [-0.39, 0.29) is 5.91 Å². The molecule has 1 aromatic rings. The van der Waals surface area contributed by atoms with Gasteiger partial charge in [0, 0.05) is 24.0 Å². The van der Waals surface area contributed by atoms with Gasteiger partial charge in [-0.3, -0.25) is 4.79 Å². The molecule has 4 heteroatoms. The maximum absolute atomic E-state index is 12.1. The van der Waals surface area contributed by atoms with Crippen LogP contribution in [-0.4, -0.2) is 29.2 Å². The van der Waals surface area contributed by atoms with E-state index >= 15 is 0 Å². The van der Waals surface area contributed by atoms with Gasteiger partial charge in [0.1, 0.15) is 0 Å². The zero-order valence-corrected chi connectivity index (χ0v) is 11.0. The summed E-state index contributed by atoms with van der Waals surface area (Å²) in [5.41, 5.74) is 0.924. The Balaban J connectivity index is 2.00. The second kappa shape index (κ2) is 5.04. The smallest absolute Gasteiger partial charge is 0.289 e. The fraction of sp³-hybridized carbons (Fsp3) is 0.583. The van der Waals surface area contributed by atoms with Gasteiger partial charge in [-0.15, -0.1) is 0 Å². The minimum absolute atomic E-state index is 0.0375. The van der Waals surface area contributed by atoms with Crippen molar-refractivity contribution in [1.82, 2.24) is 4.90 Å². The Kier molecular flexibility index (Phi) is 3.69.